The fourth-order valence-electron chi connectivity index (χ4n) is 3.81. The van der Waals surface area contributed by atoms with Crippen molar-refractivity contribution in [1.29, 1.82) is 0 Å². The van der Waals surface area contributed by atoms with Crippen LogP contribution in [0, 0.1) is 5.82 Å². The molecule has 37 heavy (non-hydrogen) atoms. The molecular formula is C29H31Cl2FN2O2S. The molecule has 3 rings (SSSR count). The highest BCUT2D eigenvalue weighted by atomic mass is 35.5. The Morgan fingerprint density at radius 3 is 2.19 bits per heavy atom. The lowest BCUT2D eigenvalue weighted by molar-refractivity contribution is -0.140. The minimum absolute atomic E-state index is 0.0600. The van der Waals surface area contributed by atoms with Crippen LogP contribution in [0.15, 0.2) is 72.8 Å². The van der Waals surface area contributed by atoms with E-state index in [0.717, 1.165) is 5.56 Å². The molecule has 0 aliphatic carbocycles. The number of nitrogens with one attached hydrogen (secondary N) is 1. The molecule has 0 saturated heterocycles. The van der Waals surface area contributed by atoms with Gasteiger partial charge in [0.15, 0.2) is 0 Å². The highest BCUT2D eigenvalue weighted by Gasteiger charge is 2.33. The summed E-state index contributed by atoms with van der Waals surface area (Å²) in [6.07, 6.45) is 0.314. The molecule has 196 valence electrons. The molecule has 0 fully saturated rings. The van der Waals surface area contributed by atoms with Gasteiger partial charge in [0.05, 0.1) is 5.75 Å². The van der Waals surface area contributed by atoms with Crippen LogP contribution in [0.5, 0.6) is 0 Å². The van der Waals surface area contributed by atoms with Crippen molar-refractivity contribution >= 4 is 46.8 Å². The first-order valence-corrected chi connectivity index (χ1v) is 13.9. The zero-order chi connectivity index (χ0) is 27.0. The SMILES string of the molecule is CC(C)(C)NC(=O)[C@H](Cc1ccccc1)N(Cc1c(Cl)cccc1Cl)C(=O)CSCc1ccccc1F. The predicted octanol–water partition coefficient (Wildman–Crippen LogP) is 6.92. The van der Waals surface area contributed by atoms with E-state index in [1.165, 1.54) is 22.7 Å². The van der Waals surface area contributed by atoms with E-state index < -0.39 is 11.6 Å². The fraction of sp³-hybridized carbons (Fsp3) is 0.310. The average molecular weight is 562 g/mol. The van der Waals surface area contributed by atoms with Crippen molar-refractivity contribution in [3.63, 3.8) is 0 Å². The Morgan fingerprint density at radius 2 is 1.57 bits per heavy atom. The Bertz CT molecular complexity index is 1200. The van der Waals surface area contributed by atoms with Crippen LogP contribution in [-0.2, 0) is 28.3 Å². The molecule has 3 aromatic rings. The maximum absolute atomic E-state index is 14.1. The number of hydrogen-bond donors (Lipinski definition) is 1. The number of thioether (sulfide) groups is 1. The molecule has 1 atom stereocenters. The summed E-state index contributed by atoms with van der Waals surface area (Å²) in [4.78, 5) is 28.8. The zero-order valence-electron chi connectivity index (χ0n) is 21.1. The number of amides is 2. The molecule has 8 heteroatoms. The lowest BCUT2D eigenvalue weighted by atomic mass is 10.0. The molecule has 0 heterocycles. The van der Waals surface area contributed by atoms with Gasteiger partial charge in [0, 0.05) is 39.9 Å². The minimum Gasteiger partial charge on any atom is -0.350 e. The summed E-state index contributed by atoms with van der Waals surface area (Å²) in [7, 11) is 0. The topological polar surface area (TPSA) is 49.4 Å². The van der Waals surface area contributed by atoms with Crippen LogP contribution >= 0.6 is 35.0 Å². The van der Waals surface area contributed by atoms with E-state index in [-0.39, 0.29) is 29.9 Å². The smallest absolute Gasteiger partial charge is 0.243 e. The summed E-state index contributed by atoms with van der Waals surface area (Å²) in [5, 5.41) is 3.86. The lowest BCUT2D eigenvalue weighted by Gasteiger charge is -2.34. The second kappa shape index (κ2) is 13.3. The van der Waals surface area contributed by atoms with Gasteiger partial charge in [-0.05, 0) is 50.1 Å². The maximum atomic E-state index is 14.1. The Morgan fingerprint density at radius 1 is 0.946 bits per heavy atom. The van der Waals surface area contributed by atoms with Gasteiger partial charge >= 0.3 is 0 Å². The molecule has 0 aromatic heterocycles. The van der Waals surface area contributed by atoms with Gasteiger partial charge in [-0.2, -0.15) is 0 Å². The van der Waals surface area contributed by atoms with Crippen LogP contribution in [-0.4, -0.2) is 34.0 Å². The standard InChI is InChI=1S/C29H31Cl2FN2O2S/c1-29(2,3)33-28(36)26(16-20-10-5-4-6-11-20)34(17-22-23(30)13-9-14-24(22)31)27(35)19-37-18-21-12-7-8-15-25(21)32/h4-15,26H,16-19H2,1-3H3,(H,33,36)/t26-/m0/s1. The summed E-state index contributed by atoms with van der Waals surface area (Å²) in [6, 6.07) is 20.4. The van der Waals surface area contributed by atoms with E-state index in [9.17, 15) is 14.0 Å². The molecule has 1 N–H and O–H groups in total. The van der Waals surface area contributed by atoms with Crippen LogP contribution in [0.4, 0.5) is 4.39 Å². The first kappa shape index (κ1) is 29.0. The summed E-state index contributed by atoms with van der Waals surface area (Å²) < 4.78 is 14.1. The molecular weight excluding hydrogens is 530 g/mol. The van der Waals surface area contributed by atoms with Gasteiger partial charge in [-0.3, -0.25) is 9.59 Å². The van der Waals surface area contributed by atoms with E-state index >= 15 is 0 Å². The van der Waals surface area contributed by atoms with Crippen molar-refractivity contribution in [3.8, 4) is 0 Å². The van der Waals surface area contributed by atoms with Crippen LogP contribution in [0.3, 0.4) is 0 Å². The van der Waals surface area contributed by atoms with Crippen LogP contribution in [0.1, 0.15) is 37.5 Å². The van der Waals surface area contributed by atoms with Gasteiger partial charge in [-0.15, -0.1) is 11.8 Å². The summed E-state index contributed by atoms with van der Waals surface area (Å²) >= 11 is 14.2. The second-order valence-corrected chi connectivity index (χ2v) is 11.6. The second-order valence-electron chi connectivity index (χ2n) is 9.75. The van der Waals surface area contributed by atoms with E-state index in [0.29, 0.717) is 33.3 Å². The Labute approximate surface area is 232 Å². The first-order chi connectivity index (χ1) is 17.5. The van der Waals surface area contributed by atoms with Crippen molar-refractivity contribution in [2.24, 2.45) is 0 Å². The summed E-state index contributed by atoms with van der Waals surface area (Å²) in [5.41, 5.74) is 1.51. The molecule has 0 aliphatic heterocycles. The molecule has 0 aliphatic rings. The van der Waals surface area contributed by atoms with E-state index in [1.54, 1.807) is 36.4 Å². The van der Waals surface area contributed by atoms with E-state index in [1.807, 2.05) is 51.1 Å². The highest BCUT2D eigenvalue weighted by molar-refractivity contribution is 7.99. The monoisotopic (exact) mass is 560 g/mol. The molecule has 0 unspecified atom stereocenters. The van der Waals surface area contributed by atoms with Gasteiger partial charge in [0.2, 0.25) is 11.8 Å². The first-order valence-electron chi connectivity index (χ1n) is 11.9. The summed E-state index contributed by atoms with van der Waals surface area (Å²) in [6.45, 7) is 5.75. The zero-order valence-corrected chi connectivity index (χ0v) is 23.5. The number of rotatable bonds is 10. The quantitative estimate of drug-likeness (QED) is 0.292. The van der Waals surface area contributed by atoms with Crippen LogP contribution < -0.4 is 5.32 Å². The maximum Gasteiger partial charge on any atom is 0.243 e. The number of halogens is 3. The molecule has 0 saturated carbocycles. The molecule has 2 amide bonds. The van der Waals surface area contributed by atoms with Gasteiger partial charge in [0.1, 0.15) is 11.9 Å². The van der Waals surface area contributed by atoms with Crippen molar-refractivity contribution in [1.82, 2.24) is 10.2 Å². The third-order valence-electron chi connectivity index (χ3n) is 5.60. The molecule has 0 spiro atoms. The van der Waals surface area contributed by atoms with E-state index in [2.05, 4.69) is 5.32 Å². The van der Waals surface area contributed by atoms with Gasteiger partial charge in [-0.1, -0.05) is 77.8 Å². The van der Waals surface area contributed by atoms with Crippen molar-refractivity contribution in [2.75, 3.05) is 5.75 Å². The number of hydrogen-bond acceptors (Lipinski definition) is 3. The third kappa shape index (κ3) is 8.77. The summed E-state index contributed by atoms with van der Waals surface area (Å²) in [5.74, 6) is -0.454. The van der Waals surface area contributed by atoms with Gasteiger partial charge < -0.3 is 10.2 Å². The van der Waals surface area contributed by atoms with Crippen molar-refractivity contribution in [3.05, 3.63) is 105 Å². The van der Waals surface area contributed by atoms with E-state index in [4.69, 9.17) is 23.2 Å². The van der Waals surface area contributed by atoms with Crippen LogP contribution in [0.2, 0.25) is 10.0 Å². The third-order valence-corrected chi connectivity index (χ3v) is 7.27. The molecule has 4 nitrogen and oxygen atoms in total. The van der Waals surface area contributed by atoms with Crippen molar-refractivity contribution in [2.45, 2.75) is 51.1 Å². The number of nitrogens with zero attached hydrogens (tertiary/aromatic N) is 1. The Hall–Kier alpha value is -2.54. The molecule has 0 bridgehead atoms. The van der Waals surface area contributed by atoms with Gasteiger partial charge in [0.25, 0.3) is 0 Å². The molecule has 3 aromatic carbocycles. The van der Waals surface area contributed by atoms with Crippen molar-refractivity contribution < 1.29 is 14.0 Å². The number of carbonyl (C=O) groups excluding carboxylic acids is 2. The predicted molar refractivity (Wildman–Crippen MR) is 151 cm³/mol. The van der Waals surface area contributed by atoms with Crippen LogP contribution in [0.25, 0.3) is 0 Å². The largest absolute Gasteiger partial charge is 0.350 e. The highest BCUT2D eigenvalue weighted by Crippen LogP contribution is 2.28. The number of carbonyl (C=O) groups is 2. The average Bonchev–Trinajstić information content (AvgIpc) is 2.83. The molecule has 0 radical (unpaired) electrons. The minimum atomic E-state index is -0.810. The Balaban J connectivity index is 1.93. The Kier molecular flexibility index (Phi) is 10.4. The number of benzene rings is 3. The normalized spacial score (nSPS) is 12.2. The van der Waals surface area contributed by atoms with Gasteiger partial charge in [-0.25, -0.2) is 4.39 Å². The fourth-order valence-corrected chi connectivity index (χ4v) is 5.22. The lowest BCUT2D eigenvalue weighted by Crippen LogP contribution is -2.54.